The summed E-state index contributed by atoms with van der Waals surface area (Å²) in [5, 5.41) is 45.6. The topological polar surface area (TPSA) is 359 Å². The molecule has 0 aliphatic carbocycles. The van der Waals surface area contributed by atoms with Crippen molar-refractivity contribution in [2.75, 3.05) is 101 Å². The average molecular weight is 1850 g/mol. The molecule has 11 aromatic heterocycles. The number of aliphatic hydroxyl groups excluding tert-OH is 3. The van der Waals surface area contributed by atoms with Crippen LogP contribution in [0.1, 0.15) is 163 Å². The lowest BCUT2D eigenvalue weighted by molar-refractivity contribution is 0.188. The van der Waals surface area contributed by atoms with E-state index in [1.54, 1.807) is 55.6 Å². The molecule has 0 fully saturated rings. The normalized spacial score (nSPS) is 11.9. The number of nitrogens with zero attached hydrogens (tertiary/aromatic N) is 16. The summed E-state index contributed by atoms with van der Waals surface area (Å²) in [6, 6.07) is 43.4. The molecule has 706 valence electrons. The van der Waals surface area contributed by atoms with Crippen molar-refractivity contribution in [1.82, 2.24) is 77.7 Å². The first-order valence-electron chi connectivity index (χ1n) is 44.6. The summed E-state index contributed by atoms with van der Waals surface area (Å²) in [6.07, 6.45) is 21.1. The Hall–Kier alpha value is -12.5. The largest absolute Gasteiger partial charge is 0.496 e. The number of aliphatic hydroxyl groups is 3. The number of fused-ring (bicyclic) bond motifs is 5. The molecule has 0 spiro atoms. The van der Waals surface area contributed by atoms with Gasteiger partial charge in [0.2, 0.25) is 5.95 Å². The Morgan fingerprint density at radius 2 is 0.826 bits per heavy atom. The number of anilines is 6. The number of benzene rings is 4. The molecule has 0 saturated heterocycles. The third-order valence-electron chi connectivity index (χ3n) is 22.0. The van der Waals surface area contributed by atoms with Crippen LogP contribution in [0.2, 0.25) is 0 Å². The molecule has 0 radical (unpaired) electrons. The molecule has 4 aromatic carbocycles. The van der Waals surface area contributed by atoms with E-state index in [4.69, 9.17) is 34.4 Å². The summed E-state index contributed by atoms with van der Waals surface area (Å²) in [5.74, 6) is 8.75. The van der Waals surface area contributed by atoms with Crippen molar-refractivity contribution in [1.29, 1.82) is 0 Å². The summed E-state index contributed by atoms with van der Waals surface area (Å²) in [7, 11) is 8.32. The van der Waals surface area contributed by atoms with Crippen LogP contribution in [-0.4, -0.2) is 180 Å². The van der Waals surface area contributed by atoms with Gasteiger partial charge in [0, 0.05) is 95.8 Å². The minimum atomic E-state index is -0.348. The first-order valence-corrected chi connectivity index (χ1v) is 44.6. The Labute approximate surface area is 785 Å². The van der Waals surface area contributed by atoms with Crippen molar-refractivity contribution in [3.05, 3.63) is 234 Å². The Morgan fingerprint density at radius 1 is 0.409 bits per heavy atom. The van der Waals surface area contributed by atoms with Gasteiger partial charge in [-0.3, -0.25) is 4.98 Å². The lowest BCUT2D eigenvalue weighted by Crippen LogP contribution is -2.24. The van der Waals surface area contributed by atoms with E-state index in [2.05, 4.69) is 118 Å². The molecule has 0 bridgehead atoms. The van der Waals surface area contributed by atoms with Crippen molar-refractivity contribution in [2.24, 2.45) is 0 Å². The molecule has 0 aliphatic heterocycles. The van der Waals surface area contributed by atoms with Crippen molar-refractivity contribution < 1.29 is 47.8 Å². The Kier molecular flexibility index (Phi) is 40.6. The van der Waals surface area contributed by atoms with Gasteiger partial charge in [0.05, 0.1) is 100 Å². The molecule has 132 heavy (non-hydrogen) atoms. The smallest absolute Gasteiger partial charge is 0.222 e. The fourth-order valence-corrected chi connectivity index (χ4v) is 15.7. The summed E-state index contributed by atoms with van der Waals surface area (Å²) < 4.78 is 66.2. The van der Waals surface area contributed by atoms with Gasteiger partial charge in [-0.2, -0.15) is 32.0 Å². The van der Waals surface area contributed by atoms with Gasteiger partial charge in [0.1, 0.15) is 84.9 Å². The number of methoxy groups -OCH3 is 5. The van der Waals surface area contributed by atoms with Crippen LogP contribution in [0.3, 0.4) is 0 Å². The Morgan fingerprint density at radius 3 is 1.27 bits per heavy atom. The highest BCUT2D eigenvalue weighted by Crippen LogP contribution is 2.36. The summed E-state index contributed by atoms with van der Waals surface area (Å²) >= 11 is 0. The van der Waals surface area contributed by atoms with Crippen molar-refractivity contribution in [3.63, 3.8) is 0 Å². The van der Waals surface area contributed by atoms with Gasteiger partial charge in [-0.15, -0.1) is 0 Å². The molecule has 0 aliphatic rings. The highest BCUT2D eigenvalue weighted by Gasteiger charge is 2.25. The Balaban J connectivity index is 0.000000186. The zero-order chi connectivity index (χ0) is 92.6. The fraction of sp³-hybridized carbons (Fsp3) is 0.398. The number of aromatic nitrogens is 16. The summed E-state index contributed by atoms with van der Waals surface area (Å²) in [6.45, 7) is 22.6. The van der Waals surface area contributed by atoms with E-state index >= 15 is 0 Å². The van der Waals surface area contributed by atoms with Crippen molar-refractivity contribution >= 4 is 117 Å². The second-order valence-electron chi connectivity index (χ2n) is 31.7. The van der Waals surface area contributed by atoms with Gasteiger partial charge < -0.3 is 94.2 Å². The van der Waals surface area contributed by atoms with Gasteiger partial charge in [0.25, 0.3) is 0 Å². The van der Waals surface area contributed by atoms with Crippen LogP contribution in [-0.2, 0) is 37.5 Å². The molecule has 0 saturated carbocycles. The van der Waals surface area contributed by atoms with Crippen LogP contribution >= 0.6 is 27.0 Å². The van der Waals surface area contributed by atoms with E-state index in [0.717, 1.165) is 178 Å². The van der Waals surface area contributed by atoms with Crippen LogP contribution in [0.5, 0.6) is 23.0 Å². The first-order chi connectivity index (χ1) is 63.2. The fourth-order valence-electron chi connectivity index (χ4n) is 15.7. The maximum Gasteiger partial charge on any atom is 0.222 e. The lowest BCUT2D eigenvalue weighted by atomic mass is 10.1. The second-order valence-corrected chi connectivity index (χ2v) is 31.7. The number of ether oxygens (including phenoxy) is 5. The zero-order valence-electron chi connectivity index (χ0n) is 78.2. The Bertz CT molecular complexity index is 6020. The number of hydrogen-bond donors (Lipinski definition) is 9. The van der Waals surface area contributed by atoms with E-state index in [1.165, 1.54) is 12.4 Å². The number of nitrogens with one attached hydrogen (secondary N) is 5. The maximum absolute atomic E-state index is 14.5. The van der Waals surface area contributed by atoms with Crippen LogP contribution in [0.25, 0.3) is 55.2 Å². The number of aryl methyl sites for hydroxylation is 4. The van der Waals surface area contributed by atoms with E-state index < -0.39 is 0 Å². The van der Waals surface area contributed by atoms with Crippen LogP contribution in [0.15, 0.2) is 171 Å². The quantitative estimate of drug-likeness (QED) is 0.0161. The third-order valence-corrected chi connectivity index (χ3v) is 22.0. The predicted molar refractivity (Wildman–Crippen MR) is 534 cm³/mol. The highest BCUT2D eigenvalue weighted by molar-refractivity contribution is 7.59. The number of hydrogen-bond acceptors (Lipinski definition) is 25. The van der Waals surface area contributed by atoms with E-state index in [1.807, 2.05) is 182 Å². The van der Waals surface area contributed by atoms with Crippen LogP contribution < -0.4 is 51.3 Å². The van der Waals surface area contributed by atoms with Crippen LogP contribution in [0, 0.1) is 39.3 Å². The lowest BCUT2D eigenvalue weighted by Gasteiger charge is -2.20. The molecule has 10 N–H and O–H groups in total. The molecule has 1 unspecified atom stereocenters. The standard InChI is InChI=1S/C23H32N4O3.C21H28N4O3.C20H25FN4O.C18H21FN4.C16H20N6O.2H2S/c1-5-6-8-17(12-14-28)26-23-22-19(24-16(2)25-23)11-13-27(22)15-18-20(29-3)9-7-10-21(18)30-4;1-5-7-15(13-26)24-21-20-17(22-14(2)23-21)10-11-25(20)12-16-18(27-3)8-6-9-19(16)28-4;1-3-7-16(10-11-26)24-20-19-18(22-14(2)23-20)17(21)13-25(19)12-15-8-5-4-6-9-15;1-3-4-10-20-18-17-16(21-13(2)22-18)15(19)12-23(17)11-14-8-6-5-7-9-14;1-11(12-5-3-4-7-18-12)19-15-14-13(20-16(17)21-15)6-8-22(14)9-10-23-2;;/h7,9-11,13,17,28H,5-6,8,12,14-15H2,1-4H3,(H,24,25,26);6,8-11,15,26H,5,7,12-13H2,1-4H3,(H,22,23,24);4-6,8-9,13,16,26H,3,7,10-12H2,1-2H3,(H,22,23,24);5-9,12H,3-4,10-11H2,1-2H3,(H,20,21,22);3-8,11H,9-10H2,1-2H3,(H3,17,19,20,21);2*1H2/t17-;15-;16-;;;;/m000..../s1. The van der Waals surface area contributed by atoms with E-state index in [-0.39, 0.29) is 88.6 Å². The first kappa shape index (κ1) is 103. The minimum Gasteiger partial charge on any atom is -0.496 e. The number of unbranched alkanes of at least 4 members (excludes halogenated alkanes) is 2. The zero-order valence-corrected chi connectivity index (χ0v) is 80.2. The third kappa shape index (κ3) is 27.4. The number of halogens is 2. The number of rotatable bonds is 40. The minimum absolute atomic E-state index is 0. The number of pyridine rings is 1. The summed E-state index contributed by atoms with van der Waals surface area (Å²) in [5.41, 5.74) is 18.3. The predicted octanol–water partition coefficient (Wildman–Crippen LogP) is 18.0. The molecule has 15 aromatic rings. The van der Waals surface area contributed by atoms with Gasteiger partial charge in [-0.1, -0.05) is 139 Å². The average Bonchev–Trinajstić information content (AvgIpc) is 1.60. The second kappa shape index (κ2) is 51.9. The SMILES string of the molecule is CCCCNc1nc(C)nc2c(F)cn(Cc3ccccc3)c12.CCCC[C@@H](CCO)Nc1nc(C)nc2ccn(Cc3c(OC)cccc3OC)c12.CCC[C@@H](CCO)Nc1nc(C)nc2c(F)cn(Cc3ccccc3)c12.CCC[C@@H](CO)Nc1nc(C)nc2ccn(Cc3c(OC)cccc3OC)c12.COCCn1ccc2nc(N)nc(NC(C)c3ccccn3)c21.S.S. The van der Waals surface area contributed by atoms with Gasteiger partial charge >= 0.3 is 0 Å². The van der Waals surface area contributed by atoms with Crippen molar-refractivity contribution in [2.45, 2.75) is 190 Å². The van der Waals surface area contributed by atoms with E-state index in [0.29, 0.717) is 97.1 Å². The van der Waals surface area contributed by atoms with E-state index in [9.17, 15) is 24.1 Å². The number of nitrogen functional groups attached to an aromatic ring is 1. The summed E-state index contributed by atoms with van der Waals surface area (Å²) in [4.78, 5) is 49.1. The molecule has 15 rings (SSSR count). The molecule has 30 nitrogen and oxygen atoms in total. The molecule has 0 amide bonds. The van der Waals surface area contributed by atoms with Crippen LogP contribution in [0.4, 0.5) is 43.8 Å². The molecule has 11 heterocycles. The molecular formula is C98H130F2N22O8S2. The highest BCUT2D eigenvalue weighted by atomic mass is 32.1. The number of nitrogens with two attached hydrogens (primary N) is 1. The monoisotopic (exact) mass is 1840 g/mol. The van der Waals surface area contributed by atoms with Gasteiger partial charge in [-0.25, -0.2) is 53.6 Å². The molecule has 34 heteroatoms. The maximum atomic E-state index is 14.5. The molecular weight excluding hydrogens is 1720 g/mol. The molecule has 4 atom stereocenters. The van der Waals surface area contributed by atoms with Gasteiger partial charge in [-0.05, 0) is 139 Å². The van der Waals surface area contributed by atoms with Gasteiger partial charge in [0.15, 0.2) is 40.7 Å². The van der Waals surface area contributed by atoms with Crippen molar-refractivity contribution in [3.8, 4) is 23.0 Å².